The van der Waals surface area contributed by atoms with Crippen LogP contribution in [0.3, 0.4) is 0 Å². The minimum Gasteiger partial charge on any atom is -0.368 e. The van der Waals surface area contributed by atoms with Gasteiger partial charge in [-0.05, 0) is 73.8 Å². The van der Waals surface area contributed by atoms with E-state index in [0.717, 1.165) is 49.4 Å². The summed E-state index contributed by atoms with van der Waals surface area (Å²) < 4.78 is 13.6. The Balaban J connectivity index is 1.55. The van der Waals surface area contributed by atoms with E-state index >= 15 is 0 Å². The van der Waals surface area contributed by atoms with Gasteiger partial charge in [-0.25, -0.2) is 9.37 Å². The molecule has 0 saturated carbocycles. The molecule has 1 aromatic carbocycles. The number of nitrogens with one attached hydrogen (secondary N) is 2. The maximum absolute atomic E-state index is 13.6. The van der Waals surface area contributed by atoms with Gasteiger partial charge in [-0.2, -0.15) is 0 Å². The molecule has 2 N–H and O–H groups in total. The third kappa shape index (κ3) is 6.08. The van der Waals surface area contributed by atoms with Gasteiger partial charge < -0.3 is 20.4 Å². The molecular weight excluding hydrogens is 431 g/mol. The summed E-state index contributed by atoms with van der Waals surface area (Å²) >= 11 is 0. The molecule has 1 atom stereocenters. The second kappa shape index (κ2) is 11.6. The van der Waals surface area contributed by atoms with Crippen molar-refractivity contribution in [2.45, 2.75) is 19.4 Å². The fourth-order valence-electron chi connectivity index (χ4n) is 4.36. The predicted molar refractivity (Wildman–Crippen MR) is 134 cm³/mol. The van der Waals surface area contributed by atoms with E-state index in [1.807, 2.05) is 37.4 Å². The van der Waals surface area contributed by atoms with Crippen LogP contribution in [0.1, 0.15) is 17.5 Å². The molecule has 1 amide bonds. The predicted octanol–water partition coefficient (Wildman–Crippen LogP) is 3.48. The largest absolute Gasteiger partial charge is 0.368 e. The number of hydrogen-bond acceptors (Lipinski definition) is 6. The number of amides is 1. The lowest BCUT2D eigenvalue weighted by molar-refractivity contribution is -0.107. The normalized spacial score (nSPS) is 15.4. The second-order valence-electron chi connectivity index (χ2n) is 8.60. The molecule has 2 aromatic heterocycles. The number of anilines is 3. The quantitative estimate of drug-likeness (QED) is 0.425. The van der Waals surface area contributed by atoms with Crippen molar-refractivity contribution in [2.24, 2.45) is 5.92 Å². The number of rotatable bonds is 11. The van der Waals surface area contributed by atoms with Crippen molar-refractivity contribution in [1.29, 1.82) is 0 Å². The smallest absolute Gasteiger partial charge is 0.214 e. The summed E-state index contributed by atoms with van der Waals surface area (Å²) in [6, 6.07) is 14.3. The fourth-order valence-corrected chi connectivity index (χ4v) is 4.36. The molecular formula is C26H31FN6O. The topological polar surface area (TPSA) is 73.4 Å². The van der Waals surface area contributed by atoms with Gasteiger partial charge in [-0.1, -0.05) is 18.2 Å². The van der Waals surface area contributed by atoms with Crippen molar-refractivity contribution in [3.8, 4) is 0 Å². The number of nitrogens with zero attached hydrogens (tertiary/aromatic N) is 4. The summed E-state index contributed by atoms with van der Waals surface area (Å²) in [6.07, 6.45) is 6.04. The number of carbonyl (C=O) groups excluding carboxylic acids is 1. The first-order valence-corrected chi connectivity index (χ1v) is 11.7. The van der Waals surface area contributed by atoms with Crippen LogP contribution in [0.2, 0.25) is 0 Å². The maximum atomic E-state index is 13.6. The number of pyridine rings is 2. The van der Waals surface area contributed by atoms with E-state index in [9.17, 15) is 9.18 Å². The fraction of sp³-hybridized carbons (Fsp3) is 0.346. The molecule has 0 unspecified atom stereocenters. The van der Waals surface area contributed by atoms with Gasteiger partial charge in [0.2, 0.25) is 6.41 Å². The third-order valence-electron chi connectivity index (χ3n) is 6.07. The molecule has 1 saturated heterocycles. The average molecular weight is 463 g/mol. The molecule has 34 heavy (non-hydrogen) atoms. The highest BCUT2D eigenvalue weighted by Crippen LogP contribution is 2.30. The Morgan fingerprint density at radius 1 is 1.21 bits per heavy atom. The first-order valence-electron chi connectivity index (χ1n) is 11.7. The molecule has 0 radical (unpaired) electrons. The Bertz CT molecular complexity index is 1080. The van der Waals surface area contributed by atoms with Gasteiger partial charge in [0.15, 0.2) is 5.82 Å². The second-order valence-corrected chi connectivity index (χ2v) is 8.60. The van der Waals surface area contributed by atoms with E-state index in [4.69, 9.17) is 4.98 Å². The van der Waals surface area contributed by atoms with Crippen LogP contribution in [0.15, 0.2) is 60.9 Å². The van der Waals surface area contributed by atoms with Crippen LogP contribution in [0.5, 0.6) is 0 Å². The summed E-state index contributed by atoms with van der Waals surface area (Å²) in [7, 11) is 1.98. The van der Waals surface area contributed by atoms with Crippen LogP contribution < -0.4 is 20.4 Å². The Kier molecular flexibility index (Phi) is 8.04. The summed E-state index contributed by atoms with van der Waals surface area (Å²) in [4.78, 5) is 25.0. The number of aromatic nitrogens is 2. The van der Waals surface area contributed by atoms with Crippen molar-refractivity contribution in [2.75, 3.05) is 48.3 Å². The van der Waals surface area contributed by atoms with Crippen LogP contribution in [-0.4, -0.2) is 49.6 Å². The number of hydrogen-bond donors (Lipinski definition) is 2. The molecule has 1 aliphatic rings. The summed E-state index contributed by atoms with van der Waals surface area (Å²) in [5.74, 6) is 1.88. The summed E-state index contributed by atoms with van der Waals surface area (Å²) in [5.41, 5.74) is 2.54. The zero-order valence-corrected chi connectivity index (χ0v) is 19.5. The van der Waals surface area contributed by atoms with Crippen molar-refractivity contribution in [1.82, 2.24) is 15.3 Å². The van der Waals surface area contributed by atoms with E-state index in [2.05, 4.69) is 20.5 Å². The molecule has 0 bridgehead atoms. The lowest BCUT2D eigenvalue weighted by Gasteiger charge is -2.24. The van der Waals surface area contributed by atoms with E-state index in [1.165, 1.54) is 6.07 Å². The zero-order valence-electron chi connectivity index (χ0n) is 19.5. The molecule has 0 aliphatic carbocycles. The van der Waals surface area contributed by atoms with Crippen LogP contribution in [0, 0.1) is 11.7 Å². The molecule has 4 rings (SSSR count). The summed E-state index contributed by atoms with van der Waals surface area (Å²) in [6.45, 7) is 3.84. The Morgan fingerprint density at radius 2 is 2.09 bits per heavy atom. The molecule has 0 spiro atoms. The minimum atomic E-state index is -0.243. The maximum Gasteiger partial charge on any atom is 0.214 e. The van der Waals surface area contributed by atoms with Gasteiger partial charge in [-0.15, -0.1) is 0 Å². The van der Waals surface area contributed by atoms with Crippen LogP contribution >= 0.6 is 0 Å². The molecule has 7 nitrogen and oxygen atoms in total. The Labute approximate surface area is 200 Å². The standard InChI is InChI=1S/C26H31FN6O/c1-28-15-22-10-13-32(17-22)25-8-7-24(33(19-34)18-21-5-3-11-29-16-21)26(31-25)30-12-9-20-4-2-6-23(27)14-20/h2-8,11,14,16,19,22,28H,9-10,12-13,15,17-18H2,1H3,(H,30,31)/t22-/m0/s1. The minimum absolute atomic E-state index is 0.243. The number of benzene rings is 1. The lowest BCUT2D eigenvalue weighted by Crippen LogP contribution is -2.26. The summed E-state index contributed by atoms with van der Waals surface area (Å²) in [5, 5.41) is 6.65. The molecule has 1 aliphatic heterocycles. The zero-order chi connectivity index (χ0) is 23.8. The molecule has 8 heteroatoms. The highest BCUT2D eigenvalue weighted by molar-refractivity contribution is 5.82. The number of carbonyl (C=O) groups is 1. The lowest BCUT2D eigenvalue weighted by atomic mass is 10.1. The molecule has 3 heterocycles. The Morgan fingerprint density at radius 3 is 2.85 bits per heavy atom. The van der Waals surface area contributed by atoms with Crippen LogP contribution in [-0.2, 0) is 17.8 Å². The van der Waals surface area contributed by atoms with E-state index in [0.29, 0.717) is 36.9 Å². The molecule has 3 aromatic rings. The van der Waals surface area contributed by atoms with Crippen LogP contribution in [0.25, 0.3) is 0 Å². The monoisotopic (exact) mass is 462 g/mol. The average Bonchev–Trinajstić information content (AvgIpc) is 3.32. The highest BCUT2D eigenvalue weighted by Gasteiger charge is 2.24. The Hall–Kier alpha value is -3.52. The molecule has 1 fully saturated rings. The molecule has 178 valence electrons. The number of halogens is 1. The van der Waals surface area contributed by atoms with E-state index in [1.54, 1.807) is 29.4 Å². The first kappa shape index (κ1) is 23.6. The van der Waals surface area contributed by atoms with Crippen molar-refractivity contribution >= 4 is 23.7 Å². The SMILES string of the molecule is CNC[C@@H]1CCN(c2ccc(N(C=O)Cc3cccnc3)c(NCCc3cccc(F)c3)n2)C1. The van der Waals surface area contributed by atoms with Crippen molar-refractivity contribution in [3.05, 3.63) is 77.9 Å². The van der Waals surface area contributed by atoms with Gasteiger partial charge >= 0.3 is 0 Å². The van der Waals surface area contributed by atoms with Crippen molar-refractivity contribution in [3.63, 3.8) is 0 Å². The van der Waals surface area contributed by atoms with E-state index in [-0.39, 0.29) is 5.82 Å². The highest BCUT2D eigenvalue weighted by atomic mass is 19.1. The van der Waals surface area contributed by atoms with Crippen LogP contribution in [0.4, 0.5) is 21.7 Å². The van der Waals surface area contributed by atoms with Gasteiger partial charge in [0, 0.05) is 32.0 Å². The van der Waals surface area contributed by atoms with Gasteiger partial charge in [0.25, 0.3) is 0 Å². The van der Waals surface area contributed by atoms with Gasteiger partial charge in [0.1, 0.15) is 11.6 Å². The van der Waals surface area contributed by atoms with Crippen molar-refractivity contribution < 1.29 is 9.18 Å². The van der Waals surface area contributed by atoms with Gasteiger partial charge in [-0.3, -0.25) is 9.78 Å². The first-order chi connectivity index (χ1) is 16.7. The van der Waals surface area contributed by atoms with E-state index < -0.39 is 0 Å². The third-order valence-corrected chi connectivity index (χ3v) is 6.07. The van der Waals surface area contributed by atoms with Gasteiger partial charge in [0.05, 0.1) is 12.2 Å².